The lowest BCUT2D eigenvalue weighted by Gasteiger charge is -2.02. The molecule has 0 amide bonds. The molecule has 0 aliphatic rings. The van der Waals surface area contributed by atoms with Gasteiger partial charge in [0, 0.05) is 30.0 Å². The van der Waals surface area contributed by atoms with Gasteiger partial charge in [0.25, 0.3) is 0 Å². The third kappa shape index (κ3) is 2.87. The van der Waals surface area contributed by atoms with Gasteiger partial charge in [-0.05, 0) is 17.3 Å². The fourth-order valence-corrected chi connectivity index (χ4v) is 1.89. The maximum absolute atomic E-state index is 11.8. The monoisotopic (exact) mass is 297 g/mol. The van der Waals surface area contributed by atoms with Crippen LogP contribution in [0.25, 0.3) is 5.76 Å². The van der Waals surface area contributed by atoms with Crippen LogP contribution in [-0.2, 0) is 6.42 Å². The van der Waals surface area contributed by atoms with Gasteiger partial charge in [-0.3, -0.25) is 14.9 Å². The molecule has 0 saturated carbocycles. The molecule has 9 heteroatoms. The SMILES string of the molecule is O=C(C=C(O)c1[nH]ncc1Cc1ccccn1)c1nn[nH]n1. The van der Waals surface area contributed by atoms with Crippen molar-refractivity contribution in [2.45, 2.75) is 6.42 Å². The van der Waals surface area contributed by atoms with Crippen LogP contribution in [0.15, 0.2) is 36.7 Å². The highest BCUT2D eigenvalue weighted by Crippen LogP contribution is 2.17. The molecule has 0 spiro atoms. The summed E-state index contributed by atoms with van der Waals surface area (Å²) >= 11 is 0. The zero-order valence-corrected chi connectivity index (χ0v) is 11.3. The number of aromatic amines is 2. The fourth-order valence-electron chi connectivity index (χ4n) is 1.89. The molecule has 0 radical (unpaired) electrons. The van der Waals surface area contributed by atoms with E-state index in [0.29, 0.717) is 17.7 Å². The van der Waals surface area contributed by atoms with Crippen molar-refractivity contribution >= 4 is 11.5 Å². The van der Waals surface area contributed by atoms with Crippen molar-refractivity contribution in [2.75, 3.05) is 0 Å². The summed E-state index contributed by atoms with van der Waals surface area (Å²) in [4.78, 5) is 16.0. The number of allylic oxidation sites excluding steroid dienone is 1. The molecule has 3 aromatic heterocycles. The van der Waals surface area contributed by atoms with Gasteiger partial charge in [0.1, 0.15) is 11.5 Å². The van der Waals surface area contributed by atoms with Crippen molar-refractivity contribution in [1.29, 1.82) is 0 Å². The summed E-state index contributed by atoms with van der Waals surface area (Å²) in [5.74, 6) is -0.944. The second-order valence-corrected chi connectivity index (χ2v) is 4.40. The van der Waals surface area contributed by atoms with E-state index >= 15 is 0 Å². The lowest BCUT2D eigenvalue weighted by atomic mass is 10.1. The number of tetrazole rings is 1. The first kappa shape index (κ1) is 13.6. The molecular weight excluding hydrogens is 286 g/mol. The minimum absolute atomic E-state index is 0.127. The third-order valence-corrected chi connectivity index (χ3v) is 2.91. The van der Waals surface area contributed by atoms with Crippen molar-refractivity contribution in [3.8, 4) is 0 Å². The molecule has 22 heavy (non-hydrogen) atoms. The molecule has 110 valence electrons. The topological polar surface area (TPSA) is 133 Å². The van der Waals surface area contributed by atoms with Gasteiger partial charge in [0.2, 0.25) is 11.6 Å². The minimum atomic E-state index is -0.565. The number of aromatic nitrogens is 7. The van der Waals surface area contributed by atoms with E-state index in [-0.39, 0.29) is 11.6 Å². The number of nitrogens with zero attached hydrogens (tertiary/aromatic N) is 5. The molecule has 9 nitrogen and oxygen atoms in total. The summed E-state index contributed by atoms with van der Waals surface area (Å²) < 4.78 is 0. The molecular formula is C13H11N7O2. The highest BCUT2D eigenvalue weighted by molar-refractivity contribution is 6.05. The van der Waals surface area contributed by atoms with E-state index in [1.807, 2.05) is 18.2 Å². The Labute approximate surface area is 124 Å². The lowest BCUT2D eigenvalue weighted by molar-refractivity contribution is 0.103. The standard InChI is InChI=1S/C13H11N7O2/c21-10(6-11(22)13-17-19-20-18-13)12-8(7-15-16-12)5-9-3-1-2-4-14-9/h1-4,6-7,21H,5H2,(H,15,16)(H,17,18,19,20). The van der Waals surface area contributed by atoms with Gasteiger partial charge in [0.05, 0.1) is 6.20 Å². The number of pyridine rings is 1. The molecule has 0 saturated heterocycles. The number of rotatable bonds is 5. The van der Waals surface area contributed by atoms with Gasteiger partial charge >= 0.3 is 0 Å². The number of aliphatic hydroxyl groups is 1. The van der Waals surface area contributed by atoms with E-state index in [1.54, 1.807) is 12.4 Å². The molecule has 0 atom stereocenters. The summed E-state index contributed by atoms with van der Waals surface area (Å²) in [7, 11) is 0. The lowest BCUT2D eigenvalue weighted by Crippen LogP contribution is -2.01. The van der Waals surface area contributed by atoms with Crippen molar-refractivity contribution in [2.24, 2.45) is 0 Å². The summed E-state index contributed by atoms with van der Waals surface area (Å²) in [6, 6.07) is 5.56. The number of ketones is 1. The van der Waals surface area contributed by atoms with E-state index in [0.717, 1.165) is 11.8 Å². The van der Waals surface area contributed by atoms with E-state index in [1.165, 1.54) is 0 Å². The average molecular weight is 297 g/mol. The van der Waals surface area contributed by atoms with Crippen LogP contribution in [0.3, 0.4) is 0 Å². The Kier molecular flexibility index (Phi) is 3.69. The highest BCUT2D eigenvalue weighted by atomic mass is 16.3. The molecule has 0 fully saturated rings. The average Bonchev–Trinajstić information content (AvgIpc) is 3.19. The number of hydrogen-bond donors (Lipinski definition) is 3. The van der Waals surface area contributed by atoms with E-state index in [2.05, 4.69) is 35.8 Å². The van der Waals surface area contributed by atoms with Gasteiger partial charge in [-0.2, -0.15) is 10.3 Å². The number of hydrogen-bond acceptors (Lipinski definition) is 7. The summed E-state index contributed by atoms with van der Waals surface area (Å²) in [5, 5.41) is 29.2. The number of carbonyl (C=O) groups excluding carboxylic acids is 1. The van der Waals surface area contributed by atoms with Crippen LogP contribution < -0.4 is 0 Å². The first-order valence-corrected chi connectivity index (χ1v) is 6.35. The first-order chi connectivity index (χ1) is 10.7. The van der Waals surface area contributed by atoms with Gasteiger partial charge in [0.15, 0.2) is 0 Å². The number of aliphatic hydroxyl groups excluding tert-OH is 1. The summed E-state index contributed by atoms with van der Waals surface area (Å²) in [6.07, 6.45) is 4.75. The number of H-pyrrole nitrogens is 2. The van der Waals surface area contributed by atoms with Gasteiger partial charge in [-0.15, -0.1) is 10.2 Å². The maximum atomic E-state index is 11.8. The summed E-state index contributed by atoms with van der Waals surface area (Å²) in [5.41, 5.74) is 1.89. The van der Waals surface area contributed by atoms with Crippen LogP contribution in [0.2, 0.25) is 0 Å². The molecule has 3 N–H and O–H groups in total. The van der Waals surface area contributed by atoms with Crippen molar-refractivity contribution in [1.82, 2.24) is 35.8 Å². The highest BCUT2D eigenvalue weighted by Gasteiger charge is 2.14. The van der Waals surface area contributed by atoms with Gasteiger partial charge in [-0.1, -0.05) is 6.07 Å². The van der Waals surface area contributed by atoms with Crippen LogP contribution >= 0.6 is 0 Å². The second-order valence-electron chi connectivity index (χ2n) is 4.40. The van der Waals surface area contributed by atoms with Crippen LogP contribution in [0.1, 0.15) is 27.6 Å². The Bertz CT molecular complexity index is 793. The molecule has 0 aliphatic heterocycles. The molecule has 0 aliphatic carbocycles. The van der Waals surface area contributed by atoms with Gasteiger partial charge in [-0.25, -0.2) is 0 Å². The van der Waals surface area contributed by atoms with Crippen LogP contribution in [0, 0.1) is 0 Å². The van der Waals surface area contributed by atoms with Crippen molar-refractivity contribution in [3.05, 3.63) is 59.4 Å². The Balaban J connectivity index is 1.83. The maximum Gasteiger partial charge on any atom is 0.244 e. The third-order valence-electron chi connectivity index (χ3n) is 2.91. The smallest absolute Gasteiger partial charge is 0.244 e. The Hall–Kier alpha value is -3.36. The van der Waals surface area contributed by atoms with Crippen LogP contribution in [-0.4, -0.2) is 46.7 Å². The van der Waals surface area contributed by atoms with Crippen molar-refractivity contribution < 1.29 is 9.90 Å². The predicted octanol–water partition coefficient (Wildman–Crippen LogP) is 0.690. The van der Waals surface area contributed by atoms with E-state index in [4.69, 9.17) is 0 Å². The number of carbonyl (C=O) groups is 1. The van der Waals surface area contributed by atoms with E-state index < -0.39 is 5.78 Å². The van der Waals surface area contributed by atoms with Crippen LogP contribution in [0.5, 0.6) is 0 Å². The summed E-state index contributed by atoms with van der Waals surface area (Å²) in [6.45, 7) is 0. The van der Waals surface area contributed by atoms with Gasteiger partial charge < -0.3 is 5.11 Å². The molecule has 0 unspecified atom stereocenters. The number of nitrogens with one attached hydrogen (secondary N) is 2. The minimum Gasteiger partial charge on any atom is -0.506 e. The van der Waals surface area contributed by atoms with Crippen molar-refractivity contribution in [3.63, 3.8) is 0 Å². The largest absolute Gasteiger partial charge is 0.506 e. The zero-order chi connectivity index (χ0) is 15.4. The first-order valence-electron chi connectivity index (χ1n) is 6.35. The molecule has 3 rings (SSSR count). The fraction of sp³-hybridized carbons (Fsp3) is 0.0769. The molecule has 0 bridgehead atoms. The second kappa shape index (κ2) is 5.95. The Morgan fingerprint density at radius 1 is 1.36 bits per heavy atom. The quantitative estimate of drug-likeness (QED) is 0.358. The Morgan fingerprint density at radius 2 is 2.27 bits per heavy atom. The molecule has 0 aromatic carbocycles. The molecule has 3 heterocycles. The normalized spacial score (nSPS) is 11.5. The Morgan fingerprint density at radius 3 is 3.00 bits per heavy atom. The van der Waals surface area contributed by atoms with Crippen LogP contribution in [0.4, 0.5) is 0 Å². The molecule has 3 aromatic rings. The zero-order valence-electron chi connectivity index (χ0n) is 11.3. The van der Waals surface area contributed by atoms with E-state index in [9.17, 15) is 9.90 Å². The predicted molar refractivity (Wildman–Crippen MR) is 74.7 cm³/mol.